The molecule has 0 aliphatic heterocycles. The summed E-state index contributed by atoms with van der Waals surface area (Å²) >= 11 is 6.12. The molecule has 0 bridgehead atoms. The van der Waals surface area contributed by atoms with Gasteiger partial charge in [0.1, 0.15) is 11.9 Å². The Balaban J connectivity index is 2.38. The van der Waals surface area contributed by atoms with Crippen LogP contribution < -0.4 is 0 Å². The van der Waals surface area contributed by atoms with E-state index in [0.717, 1.165) is 0 Å². The highest BCUT2D eigenvalue weighted by atomic mass is 35.5. The molecule has 5 nitrogen and oxygen atoms in total. The van der Waals surface area contributed by atoms with E-state index in [-0.39, 0.29) is 23.0 Å². The van der Waals surface area contributed by atoms with Crippen LogP contribution in [0.3, 0.4) is 0 Å². The van der Waals surface area contributed by atoms with Crippen LogP contribution >= 0.6 is 11.6 Å². The molecule has 0 N–H and O–H groups in total. The van der Waals surface area contributed by atoms with Gasteiger partial charge >= 0.3 is 0 Å². The third-order valence-corrected chi connectivity index (χ3v) is 4.22. The zero-order chi connectivity index (χ0) is 18.6. The van der Waals surface area contributed by atoms with E-state index < -0.39 is 17.8 Å². The Bertz CT molecular complexity index is 750. The summed E-state index contributed by atoms with van der Waals surface area (Å²) in [6.07, 6.45) is 1.63. The van der Waals surface area contributed by atoms with Gasteiger partial charge in [0.05, 0.1) is 12.2 Å². The van der Waals surface area contributed by atoms with Gasteiger partial charge in [0.2, 0.25) is 11.8 Å². The van der Waals surface area contributed by atoms with Gasteiger partial charge in [-0.2, -0.15) is 0 Å². The number of pyridine rings is 1. The van der Waals surface area contributed by atoms with Gasteiger partial charge in [0.15, 0.2) is 0 Å². The van der Waals surface area contributed by atoms with Crippen molar-refractivity contribution in [1.29, 1.82) is 0 Å². The third-order valence-electron chi connectivity index (χ3n) is 3.89. The van der Waals surface area contributed by atoms with Crippen molar-refractivity contribution in [2.24, 2.45) is 0 Å². The largest absolute Gasteiger partial charge is 0.338 e. The van der Waals surface area contributed by atoms with Crippen LogP contribution in [0.2, 0.25) is 5.02 Å². The number of amides is 2. The van der Waals surface area contributed by atoms with Crippen LogP contribution in [-0.2, 0) is 16.1 Å². The minimum absolute atomic E-state index is 0.0141. The molecular weight excluding hydrogens is 345 g/mol. The summed E-state index contributed by atoms with van der Waals surface area (Å²) in [5.74, 6) is -1.45. The molecule has 7 heteroatoms. The van der Waals surface area contributed by atoms with Crippen LogP contribution in [0, 0.1) is 5.82 Å². The fraction of sp³-hybridized carbons (Fsp3) is 0.278. The van der Waals surface area contributed by atoms with Gasteiger partial charge in [-0.25, -0.2) is 4.39 Å². The Morgan fingerprint density at radius 2 is 1.92 bits per heavy atom. The van der Waals surface area contributed by atoms with Gasteiger partial charge in [-0.1, -0.05) is 23.7 Å². The first-order valence-corrected chi connectivity index (χ1v) is 8.03. The van der Waals surface area contributed by atoms with E-state index in [1.165, 1.54) is 42.0 Å². The molecule has 132 valence electrons. The molecular formula is C18H19ClFN3O2. The Morgan fingerprint density at radius 1 is 1.20 bits per heavy atom. The number of rotatable bonds is 5. The summed E-state index contributed by atoms with van der Waals surface area (Å²) in [7, 11) is 3.02. The molecule has 0 aliphatic rings. The quantitative estimate of drug-likeness (QED) is 0.820. The number of aromatic nitrogens is 1. The van der Waals surface area contributed by atoms with Crippen LogP contribution in [0.4, 0.5) is 4.39 Å². The van der Waals surface area contributed by atoms with E-state index in [1.807, 2.05) is 6.07 Å². The molecule has 0 radical (unpaired) electrons. The fourth-order valence-corrected chi connectivity index (χ4v) is 2.72. The smallest absolute Gasteiger partial charge is 0.250 e. The summed E-state index contributed by atoms with van der Waals surface area (Å²) in [5, 5.41) is 0.0951. The van der Waals surface area contributed by atoms with Gasteiger partial charge in [0, 0.05) is 37.8 Å². The summed E-state index contributed by atoms with van der Waals surface area (Å²) in [4.78, 5) is 31.6. The van der Waals surface area contributed by atoms with E-state index in [4.69, 9.17) is 11.6 Å². The normalized spacial score (nSPS) is 11.7. The lowest BCUT2D eigenvalue weighted by atomic mass is 10.0. The van der Waals surface area contributed by atoms with Gasteiger partial charge in [-0.05, 0) is 24.3 Å². The predicted octanol–water partition coefficient (Wildman–Crippen LogP) is 3.05. The van der Waals surface area contributed by atoms with Crippen LogP contribution in [0.15, 0.2) is 42.6 Å². The zero-order valence-corrected chi connectivity index (χ0v) is 15.0. The van der Waals surface area contributed by atoms with E-state index >= 15 is 0 Å². The molecule has 2 rings (SSSR count). The molecule has 0 spiro atoms. The van der Waals surface area contributed by atoms with Gasteiger partial charge in [-0.15, -0.1) is 0 Å². The Hall–Kier alpha value is -2.47. The number of halogens is 2. The second kappa shape index (κ2) is 8.07. The van der Waals surface area contributed by atoms with Crippen molar-refractivity contribution in [3.63, 3.8) is 0 Å². The van der Waals surface area contributed by atoms with Crippen LogP contribution in [0.25, 0.3) is 0 Å². The fourth-order valence-electron chi connectivity index (χ4n) is 2.46. The number of likely N-dealkylation sites (N-methyl/N-ethyl adjacent to an activating group) is 2. The van der Waals surface area contributed by atoms with Gasteiger partial charge in [-0.3, -0.25) is 14.6 Å². The highest BCUT2D eigenvalue weighted by molar-refractivity contribution is 6.31. The number of carbonyl (C=O) groups excluding carboxylic acids is 2. The van der Waals surface area contributed by atoms with Crippen LogP contribution in [0.5, 0.6) is 0 Å². The number of carbonyl (C=O) groups is 2. The molecule has 1 aromatic carbocycles. The average molecular weight is 364 g/mol. The Kier molecular flexibility index (Phi) is 6.09. The molecule has 25 heavy (non-hydrogen) atoms. The monoisotopic (exact) mass is 363 g/mol. The zero-order valence-electron chi connectivity index (χ0n) is 14.2. The second-order valence-electron chi connectivity index (χ2n) is 5.68. The van der Waals surface area contributed by atoms with Crippen LogP contribution in [0.1, 0.15) is 24.2 Å². The van der Waals surface area contributed by atoms with Crippen molar-refractivity contribution >= 4 is 23.4 Å². The highest BCUT2D eigenvalue weighted by Crippen LogP contribution is 2.31. The molecule has 0 saturated carbocycles. The minimum atomic E-state index is -1.15. The van der Waals surface area contributed by atoms with E-state index in [9.17, 15) is 14.0 Å². The molecule has 1 atom stereocenters. The number of hydrogen-bond donors (Lipinski definition) is 0. The van der Waals surface area contributed by atoms with Gasteiger partial charge in [0.25, 0.3) is 0 Å². The SMILES string of the molecule is CC(=O)N(C)[C@@H](C(=O)N(C)Cc1ccccn1)c1c(F)cccc1Cl. The Labute approximate surface area is 151 Å². The van der Waals surface area contributed by atoms with E-state index in [0.29, 0.717) is 5.69 Å². The first-order chi connectivity index (χ1) is 11.8. The molecule has 1 heterocycles. The van der Waals surface area contributed by atoms with Crippen molar-refractivity contribution in [2.75, 3.05) is 14.1 Å². The van der Waals surface area contributed by atoms with Crippen LogP contribution in [-0.4, -0.2) is 40.7 Å². The third kappa shape index (κ3) is 4.33. The highest BCUT2D eigenvalue weighted by Gasteiger charge is 2.33. The maximum atomic E-state index is 14.4. The predicted molar refractivity (Wildman–Crippen MR) is 93.3 cm³/mol. The maximum Gasteiger partial charge on any atom is 0.250 e. The van der Waals surface area contributed by atoms with E-state index in [2.05, 4.69) is 4.98 Å². The maximum absolute atomic E-state index is 14.4. The van der Waals surface area contributed by atoms with Crippen molar-refractivity contribution in [3.05, 3.63) is 64.7 Å². The number of hydrogen-bond acceptors (Lipinski definition) is 3. The lowest BCUT2D eigenvalue weighted by molar-refractivity contribution is -0.143. The lowest BCUT2D eigenvalue weighted by Crippen LogP contribution is -2.42. The average Bonchev–Trinajstić information content (AvgIpc) is 2.58. The Morgan fingerprint density at radius 3 is 2.48 bits per heavy atom. The van der Waals surface area contributed by atoms with Crippen molar-refractivity contribution in [2.45, 2.75) is 19.5 Å². The number of benzene rings is 1. The molecule has 1 aromatic heterocycles. The lowest BCUT2D eigenvalue weighted by Gasteiger charge is -2.31. The first-order valence-electron chi connectivity index (χ1n) is 7.65. The molecule has 2 amide bonds. The van der Waals surface area contributed by atoms with Crippen molar-refractivity contribution in [1.82, 2.24) is 14.8 Å². The second-order valence-corrected chi connectivity index (χ2v) is 6.09. The summed E-state index contributed by atoms with van der Waals surface area (Å²) in [5.41, 5.74) is 0.668. The molecule has 0 unspecified atom stereocenters. The van der Waals surface area contributed by atoms with Crippen molar-refractivity contribution < 1.29 is 14.0 Å². The minimum Gasteiger partial charge on any atom is -0.338 e. The summed E-state index contributed by atoms with van der Waals surface area (Å²) < 4.78 is 14.4. The molecule has 2 aromatic rings. The molecule has 0 saturated heterocycles. The topological polar surface area (TPSA) is 53.5 Å². The van der Waals surface area contributed by atoms with E-state index in [1.54, 1.807) is 25.4 Å². The number of nitrogens with zero attached hydrogens (tertiary/aromatic N) is 3. The molecule has 0 fully saturated rings. The van der Waals surface area contributed by atoms with Crippen molar-refractivity contribution in [3.8, 4) is 0 Å². The standard InChI is InChI=1S/C18H19ClFN3O2/c1-12(24)23(3)17(16-14(19)8-6-9-15(16)20)18(25)22(2)11-13-7-4-5-10-21-13/h4-10,17H,11H2,1-3H3/t17-/m1/s1. The summed E-state index contributed by atoms with van der Waals surface area (Å²) in [6.45, 7) is 1.54. The first kappa shape index (κ1) is 18.9. The van der Waals surface area contributed by atoms with Gasteiger partial charge < -0.3 is 9.80 Å². The molecule has 0 aliphatic carbocycles. The summed E-state index contributed by atoms with van der Waals surface area (Å²) in [6, 6.07) is 8.38.